The van der Waals surface area contributed by atoms with Gasteiger partial charge in [-0.15, -0.1) is 10.2 Å². The quantitative estimate of drug-likeness (QED) is 0.371. The summed E-state index contributed by atoms with van der Waals surface area (Å²) in [6.45, 7) is 3.97. The highest BCUT2D eigenvalue weighted by molar-refractivity contribution is 7.99. The summed E-state index contributed by atoms with van der Waals surface area (Å²) in [5.41, 5.74) is 4.72. The van der Waals surface area contributed by atoms with E-state index in [-0.39, 0.29) is 11.7 Å². The Morgan fingerprint density at radius 1 is 1.00 bits per heavy atom. The second kappa shape index (κ2) is 9.37. The van der Waals surface area contributed by atoms with Crippen molar-refractivity contribution in [2.75, 3.05) is 11.1 Å². The topological polar surface area (TPSA) is 59.8 Å². The van der Waals surface area contributed by atoms with Crippen LogP contribution in [-0.2, 0) is 4.79 Å². The lowest BCUT2D eigenvalue weighted by Gasteiger charge is -2.11. The van der Waals surface area contributed by atoms with Crippen LogP contribution in [0.5, 0.6) is 0 Å². The van der Waals surface area contributed by atoms with Gasteiger partial charge in [0.15, 0.2) is 11.0 Å². The van der Waals surface area contributed by atoms with E-state index in [9.17, 15) is 4.79 Å². The highest BCUT2D eigenvalue weighted by Crippen LogP contribution is 2.28. The van der Waals surface area contributed by atoms with E-state index >= 15 is 0 Å². The van der Waals surface area contributed by atoms with E-state index in [1.807, 2.05) is 85.1 Å². The summed E-state index contributed by atoms with van der Waals surface area (Å²) >= 11 is 7.49. The number of aromatic nitrogens is 3. The molecule has 5 nitrogen and oxygen atoms in total. The van der Waals surface area contributed by atoms with E-state index in [1.165, 1.54) is 17.3 Å². The largest absolute Gasteiger partial charge is 0.325 e. The Morgan fingerprint density at radius 3 is 2.45 bits per heavy atom. The zero-order valence-electron chi connectivity index (χ0n) is 17.2. The fraction of sp³-hybridized carbons (Fsp3) is 0.125. The van der Waals surface area contributed by atoms with Gasteiger partial charge in [-0.3, -0.25) is 9.36 Å². The number of halogens is 1. The molecule has 1 amide bonds. The molecule has 1 aromatic heterocycles. The number of hydrogen-bond acceptors (Lipinski definition) is 4. The number of carbonyl (C=O) groups is 1. The lowest BCUT2D eigenvalue weighted by molar-refractivity contribution is -0.113. The van der Waals surface area contributed by atoms with Crippen LogP contribution in [0.1, 0.15) is 11.1 Å². The lowest BCUT2D eigenvalue weighted by atomic mass is 10.1. The van der Waals surface area contributed by atoms with Crippen molar-refractivity contribution in [1.29, 1.82) is 0 Å². The Hall–Kier alpha value is -3.09. The fourth-order valence-corrected chi connectivity index (χ4v) is 3.99. The molecule has 0 unspecified atom stereocenters. The molecule has 1 N–H and O–H groups in total. The van der Waals surface area contributed by atoms with Crippen LogP contribution in [0, 0.1) is 13.8 Å². The molecular formula is C24H21ClN4OS. The first-order valence-corrected chi connectivity index (χ1v) is 11.1. The number of nitrogens with one attached hydrogen (secondary N) is 1. The minimum atomic E-state index is -0.135. The first kappa shape index (κ1) is 21.2. The molecule has 0 bridgehead atoms. The molecule has 156 valence electrons. The van der Waals surface area contributed by atoms with Gasteiger partial charge in [-0.2, -0.15) is 0 Å². The molecule has 0 atom stereocenters. The van der Waals surface area contributed by atoms with E-state index in [0.29, 0.717) is 15.9 Å². The molecule has 4 aromatic rings. The van der Waals surface area contributed by atoms with E-state index in [2.05, 4.69) is 15.5 Å². The zero-order valence-corrected chi connectivity index (χ0v) is 18.7. The van der Waals surface area contributed by atoms with Crippen molar-refractivity contribution in [3.8, 4) is 17.1 Å². The van der Waals surface area contributed by atoms with Crippen molar-refractivity contribution in [2.45, 2.75) is 19.0 Å². The minimum absolute atomic E-state index is 0.135. The van der Waals surface area contributed by atoms with Crippen LogP contribution in [0.25, 0.3) is 17.1 Å². The van der Waals surface area contributed by atoms with Gasteiger partial charge in [0.25, 0.3) is 0 Å². The van der Waals surface area contributed by atoms with Gasteiger partial charge in [0, 0.05) is 22.0 Å². The lowest BCUT2D eigenvalue weighted by Crippen LogP contribution is -2.14. The van der Waals surface area contributed by atoms with Gasteiger partial charge in [0.1, 0.15) is 0 Å². The smallest absolute Gasteiger partial charge is 0.234 e. The maximum atomic E-state index is 12.5. The van der Waals surface area contributed by atoms with E-state index in [1.54, 1.807) is 6.07 Å². The van der Waals surface area contributed by atoms with Crippen LogP contribution in [0.4, 0.5) is 5.69 Å². The van der Waals surface area contributed by atoms with Crippen LogP contribution in [-0.4, -0.2) is 26.4 Å². The van der Waals surface area contributed by atoms with Crippen LogP contribution in [0.3, 0.4) is 0 Å². The van der Waals surface area contributed by atoms with Crippen LogP contribution < -0.4 is 5.32 Å². The Balaban J connectivity index is 1.57. The van der Waals surface area contributed by atoms with Gasteiger partial charge in [0.2, 0.25) is 5.91 Å². The molecule has 0 spiro atoms. The van der Waals surface area contributed by atoms with Crippen molar-refractivity contribution in [2.24, 2.45) is 0 Å². The highest BCUT2D eigenvalue weighted by atomic mass is 35.5. The van der Waals surface area contributed by atoms with Gasteiger partial charge in [-0.25, -0.2) is 0 Å². The SMILES string of the molecule is Cc1ccc(-c2nnc(SCC(=O)Nc3ccc(C)c(Cl)c3)n2-c2ccccc2)cc1. The summed E-state index contributed by atoms with van der Waals surface area (Å²) in [7, 11) is 0. The summed E-state index contributed by atoms with van der Waals surface area (Å²) < 4.78 is 1.98. The summed E-state index contributed by atoms with van der Waals surface area (Å²) in [5.74, 6) is 0.800. The predicted octanol–water partition coefficient (Wildman–Crippen LogP) is 5.94. The van der Waals surface area contributed by atoms with Crippen molar-refractivity contribution in [3.05, 3.63) is 88.9 Å². The number of carbonyl (C=O) groups excluding carboxylic acids is 1. The monoisotopic (exact) mass is 448 g/mol. The number of anilines is 1. The number of para-hydroxylation sites is 1. The molecule has 4 rings (SSSR count). The number of aryl methyl sites for hydroxylation is 2. The summed E-state index contributed by atoms with van der Waals surface area (Å²) in [5, 5.41) is 12.9. The van der Waals surface area contributed by atoms with Crippen LogP contribution in [0.2, 0.25) is 5.02 Å². The molecule has 0 saturated carbocycles. The Labute approximate surface area is 190 Å². The summed E-state index contributed by atoms with van der Waals surface area (Å²) in [6, 6.07) is 23.5. The molecule has 0 fully saturated rings. The molecule has 0 aliphatic rings. The number of benzene rings is 3. The van der Waals surface area contributed by atoms with E-state index < -0.39 is 0 Å². The predicted molar refractivity (Wildman–Crippen MR) is 127 cm³/mol. The third-order valence-electron chi connectivity index (χ3n) is 4.75. The maximum Gasteiger partial charge on any atom is 0.234 e. The number of thioether (sulfide) groups is 1. The maximum absolute atomic E-state index is 12.5. The molecule has 0 aliphatic heterocycles. The van der Waals surface area contributed by atoms with Crippen molar-refractivity contribution in [1.82, 2.24) is 14.8 Å². The summed E-state index contributed by atoms with van der Waals surface area (Å²) in [4.78, 5) is 12.5. The number of rotatable bonds is 6. The van der Waals surface area contributed by atoms with Crippen molar-refractivity contribution < 1.29 is 4.79 Å². The number of nitrogens with zero attached hydrogens (tertiary/aromatic N) is 3. The molecule has 0 aliphatic carbocycles. The summed E-state index contributed by atoms with van der Waals surface area (Å²) in [6.07, 6.45) is 0. The molecule has 31 heavy (non-hydrogen) atoms. The Kier molecular flexibility index (Phi) is 6.39. The molecular weight excluding hydrogens is 428 g/mol. The molecule has 7 heteroatoms. The van der Waals surface area contributed by atoms with Gasteiger partial charge >= 0.3 is 0 Å². The average molecular weight is 449 g/mol. The molecule has 0 radical (unpaired) electrons. The Bertz CT molecular complexity index is 1210. The number of hydrogen-bond donors (Lipinski definition) is 1. The van der Waals surface area contributed by atoms with Crippen LogP contribution >= 0.6 is 23.4 Å². The van der Waals surface area contributed by atoms with E-state index in [4.69, 9.17) is 11.6 Å². The molecule has 1 heterocycles. The third kappa shape index (κ3) is 4.98. The Morgan fingerprint density at radius 2 is 1.74 bits per heavy atom. The average Bonchev–Trinajstić information content (AvgIpc) is 3.20. The van der Waals surface area contributed by atoms with E-state index in [0.717, 1.165) is 22.6 Å². The molecule has 3 aromatic carbocycles. The van der Waals surface area contributed by atoms with Gasteiger partial charge in [-0.05, 0) is 43.7 Å². The second-order valence-corrected chi connectivity index (χ2v) is 8.49. The fourth-order valence-electron chi connectivity index (χ4n) is 3.06. The number of amides is 1. The van der Waals surface area contributed by atoms with Crippen LogP contribution in [0.15, 0.2) is 78.0 Å². The normalized spacial score (nSPS) is 10.8. The molecule has 0 saturated heterocycles. The van der Waals surface area contributed by atoms with Crippen molar-refractivity contribution >= 4 is 35.0 Å². The van der Waals surface area contributed by atoms with Gasteiger partial charge < -0.3 is 5.32 Å². The standard InChI is InChI=1S/C24H21ClN4OS/c1-16-8-11-18(12-9-16)23-27-28-24(29(23)20-6-4-3-5-7-20)31-15-22(30)26-19-13-10-17(2)21(25)14-19/h3-14H,15H2,1-2H3,(H,26,30). The van der Waals surface area contributed by atoms with Gasteiger partial charge in [0.05, 0.1) is 5.75 Å². The second-order valence-electron chi connectivity index (χ2n) is 7.14. The first-order valence-electron chi connectivity index (χ1n) is 9.78. The van der Waals surface area contributed by atoms with Gasteiger partial charge in [-0.1, -0.05) is 77.5 Å². The van der Waals surface area contributed by atoms with Crippen molar-refractivity contribution in [3.63, 3.8) is 0 Å². The highest BCUT2D eigenvalue weighted by Gasteiger charge is 2.17. The first-order chi connectivity index (χ1) is 15.0. The third-order valence-corrected chi connectivity index (χ3v) is 6.08. The zero-order chi connectivity index (χ0) is 21.8. The minimum Gasteiger partial charge on any atom is -0.325 e.